The number of nitrogens with one attached hydrogen (secondary N) is 1. The second kappa shape index (κ2) is 7.09. The van der Waals surface area contributed by atoms with Gasteiger partial charge < -0.3 is 14.8 Å². The van der Waals surface area contributed by atoms with Crippen LogP contribution in [0, 0.1) is 13.8 Å². The Kier molecular flexibility index (Phi) is 5.17. The van der Waals surface area contributed by atoms with Crippen LogP contribution in [0.3, 0.4) is 0 Å². The van der Waals surface area contributed by atoms with Gasteiger partial charge in [0.1, 0.15) is 18.1 Å². The predicted octanol–water partition coefficient (Wildman–Crippen LogP) is 3.01. The van der Waals surface area contributed by atoms with Crippen molar-refractivity contribution in [2.45, 2.75) is 27.0 Å². The molecule has 0 aliphatic carbocycles. The third-order valence-corrected chi connectivity index (χ3v) is 3.23. The fourth-order valence-electron chi connectivity index (χ4n) is 2.20. The van der Waals surface area contributed by atoms with Crippen molar-refractivity contribution in [3.63, 3.8) is 0 Å². The molecule has 2 rings (SSSR count). The molecule has 0 saturated carbocycles. The van der Waals surface area contributed by atoms with Gasteiger partial charge in [-0.15, -0.1) is 0 Å². The first-order valence-electron chi connectivity index (χ1n) is 7.01. The third-order valence-electron chi connectivity index (χ3n) is 3.23. The zero-order valence-corrected chi connectivity index (χ0v) is 13.1. The molecule has 2 aromatic rings. The van der Waals surface area contributed by atoms with Gasteiger partial charge in [-0.1, -0.05) is 11.6 Å². The van der Waals surface area contributed by atoms with Gasteiger partial charge in [0.05, 0.1) is 12.8 Å². The minimum atomic E-state index is 0.465. The number of methoxy groups -OCH3 is 1. The van der Waals surface area contributed by atoms with Crippen LogP contribution in [0.2, 0.25) is 0 Å². The molecule has 21 heavy (non-hydrogen) atoms. The van der Waals surface area contributed by atoms with Crippen LogP contribution in [0.5, 0.6) is 11.5 Å². The van der Waals surface area contributed by atoms with Gasteiger partial charge in [0.2, 0.25) is 0 Å². The third kappa shape index (κ3) is 3.95. The number of hydrogen-bond acceptors (Lipinski definition) is 4. The molecule has 0 aliphatic heterocycles. The van der Waals surface area contributed by atoms with Gasteiger partial charge in [0.25, 0.3) is 0 Å². The maximum Gasteiger partial charge on any atom is 0.142 e. The van der Waals surface area contributed by atoms with E-state index in [0.717, 1.165) is 28.5 Å². The second-order valence-corrected chi connectivity index (χ2v) is 5.03. The molecule has 0 radical (unpaired) electrons. The summed E-state index contributed by atoms with van der Waals surface area (Å²) in [5.41, 5.74) is 4.13. The van der Waals surface area contributed by atoms with Crippen molar-refractivity contribution in [2.75, 3.05) is 14.2 Å². The highest BCUT2D eigenvalue weighted by atomic mass is 16.5. The van der Waals surface area contributed by atoms with Gasteiger partial charge in [0, 0.05) is 17.8 Å². The number of nitrogens with zero attached hydrogens (tertiary/aromatic N) is 1. The first-order valence-corrected chi connectivity index (χ1v) is 7.01. The summed E-state index contributed by atoms with van der Waals surface area (Å²) in [5.74, 6) is 1.65. The molecule has 4 nitrogen and oxygen atoms in total. The Morgan fingerprint density at radius 2 is 1.86 bits per heavy atom. The second-order valence-electron chi connectivity index (χ2n) is 5.03. The summed E-state index contributed by atoms with van der Waals surface area (Å²) in [6.07, 6.45) is 0. The van der Waals surface area contributed by atoms with Gasteiger partial charge in [-0.2, -0.15) is 0 Å². The molecule has 0 aliphatic rings. The lowest BCUT2D eigenvalue weighted by Crippen LogP contribution is -2.10. The van der Waals surface area contributed by atoms with Crippen LogP contribution < -0.4 is 14.8 Å². The summed E-state index contributed by atoms with van der Waals surface area (Å²) < 4.78 is 11.3. The fourth-order valence-corrected chi connectivity index (χ4v) is 2.20. The lowest BCUT2D eigenvalue weighted by Gasteiger charge is -2.14. The Morgan fingerprint density at radius 1 is 1.10 bits per heavy atom. The van der Waals surface area contributed by atoms with E-state index in [1.807, 2.05) is 38.2 Å². The van der Waals surface area contributed by atoms with E-state index in [1.165, 1.54) is 5.56 Å². The largest absolute Gasteiger partial charge is 0.496 e. The van der Waals surface area contributed by atoms with E-state index >= 15 is 0 Å². The van der Waals surface area contributed by atoms with Crippen LogP contribution in [-0.4, -0.2) is 19.1 Å². The van der Waals surface area contributed by atoms with E-state index < -0.39 is 0 Å². The van der Waals surface area contributed by atoms with Crippen LogP contribution >= 0.6 is 0 Å². The minimum Gasteiger partial charge on any atom is -0.496 e. The van der Waals surface area contributed by atoms with Crippen molar-refractivity contribution in [1.29, 1.82) is 0 Å². The van der Waals surface area contributed by atoms with Crippen molar-refractivity contribution in [1.82, 2.24) is 10.3 Å². The molecule has 1 heterocycles. The van der Waals surface area contributed by atoms with Gasteiger partial charge in [-0.25, -0.2) is 0 Å². The van der Waals surface area contributed by atoms with E-state index in [9.17, 15) is 0 Å². The standard InChI is InChI=1S/C17H22N2O2/c1-12-5-7-16(20-4)14(9-12)11-21-17-8-6-13(2)19-15(17)10-18-3/h5-9,18H,10-11H2,1-4H3. The number of pyridine rings is 1. The molecular weight excluding hydrogens is 264 g/mol. The smallest absolute Gasteiger partial charge is 0.142 e. The van der Waals surface area contributed by atoms with Gasteiger partial charge in [0.15, 0.2) is 0 Å². The molecule has 1 aromatic heterocycles. The highest BCUT2D eigenvalue weighted by molar-refractivity contribution is 5.37. The molecule has 0 fully saturated rings. The van der Waals surface area contributed by atoms with Crippen molar-refractivity contribution in [2.24, 2.45) is 0 Å². The molecule has 0 amide bonds. The van der Waals surface area contributed by atoms with Crippen LogP contribution in [-0.2, 0) is 13.2 Å². The van der Waals surface area contributed by atoms with Gasteiger partial charge in [-0.05, 0) is 45.2 Å². The summed E-state index contributed by atoms with van der Waals surface area (Å²) in [7, 11) is 3.57. The summed E-state index contributed by atoms with van der Waals surface area (Å²) in [4.78, 5) is 4.52. The quantitative estimate of drug-likeness (QED) is 0.886. The van der Waals surface area contributed by atoms with Gasteiger partial charge >= 0.3 is 0 Å². The predicted molar refractivity (Wildman–Crippen MR) is 83.8 cm³/mol. The molecule has 0 unspecified atom stereocenters. The number of benzene rings is 1. The molecule has 0 bridgehead atoms. The SMILES string of the molecule is CNCc1nc(C)ccc1OCc1cc(C)ccc1OC. The van der Waals surface area contributed by atoms with Gasteiger partial charge in [-0.3, -0.25) is 4.98 Å². The average Bonchev–Trinajstić information content (AvgIpc) is 2.47. The number of ether oxygens (including phenoxy) is 2. The molecule has 0 spiro atoms. The van der Waals surface area contributed by atoms with Crippen molar-refractivity contribution in [3.05, 3.63) is 52.8 Å². The Morgan fingerprint density at radius 3 is 2.57 bits per heavy atom. The lowest BCUT2D eigenvalue weighted by molar-refractivity contribution is 0.291. The molecule has 1 aromatic carbocycles. The first kappa shape index (κ1) is 15.3. The van der Waals surface area contributed by atoms with E-state index in [1.54, 1.807) is 7.11 Å². The van der Waals surface area contributed by atoms with Crippen molar-refractivity contribution >= 4 is 0 Å². The fraction of sp³-hybridized carbons (Fsp3) is 0.353. The Labute approximate surface area is 126 Å². The molecule has 4 heteroatoms. The van der Waals surface area contributed by atoms with E-state index in [-0.39, 0.29) is 0 Å². The number of hydrogen-bond donors (Lipinski definition) is 1. The number of rotatable bonds is 6. The average molecular weight is 286 g/mol. The lowest BCUT2D eigenvalue weighted by atomic mass is 10.1. The maximum absolute atomic E-state index is 5.95. The van der Waals surface area contributed by atoms with E-state index in [4.69, 9.17) is 9.47 Å². The Hall–Kier alpha value is -2.07. The molecule has 112 valence electrons. The molecule has 0 atom stereocenters. The Bertz CT molecular complexity index is 612. The number of aryl methyl sites for hydroxylation is 2. The molecule has 1 N–H and O–H groups in total. The molecule has 0 saturated heterocycles. The van der Waals surface area contributed by atoms with Crippen LogP contribution in [0.25, 0.3) is 0 Å². The topological polar surface area (TPSA) is 43.4 Å². The summed E-state index contributed by atoms with van der Waals surface area (Å²) in [5, 5.41) is 3.11. The van der Waals surface area contributed by atoms with E-state index in [2.05, 4.69) is 23.3 Å². The first-order chi connectivity index (χ1) is 10.1. The maximum atomic E-state index is 5.95. The van der Waals surface area contributed by atoms with E-state index in [0.29, 0.717) is 13.2 Å². The minimum absolute atomic E-state index is 0.465. The summed E-state index contributed by atoms with van der Waals surface area (Å²) in [6.45, 7) is 5.18. The highest BCUT2D eigenvalue weighted by Gasteiger charge is 2.08. The summed E-state index contributed by atoms with van der Waals surface area (Å²) in [6, 6.07) is 10.0. The van der Waals surface area contributed by atoms with Crippen LogP contribution in [0.1, 0.15) is 22.5 Å². The zero-order chi connectivity index (χ0) is 15.2. The number of aromatic nitrogens is 1. The van der Waals surface area contributed by atoms with Crippen LogP contribution in [0.4, 0.5) is 0 Å². The van der Waals surface area contributed by atoms with Crippen LogP contribution in [0.15, 0.2) is 30.3 Å². The monoisotopic (exact) mass is 286 g/mol. The zero-order valence-electron chi connectivity index (χ0n) is 13.1. The normalized spacial score (nSPS) is 10.5. The summed E-state index contributed by atoms with van der Waals surface area (Å²) >= 11 is 0. The Balaban J connectivity index is 2.18. The highest BCUT2D eigenvalue weighted by Crippen LogP contribution is 2.23. The van der Waals surface area contributed by atoms with Crippen molar-refractivity contribution < 1.29 is 9.47 Å². The molecular formula is C17H22N2O2. The van der Waals surface area contributed by atoms with Crippen molar-refractivity contribution in [3.8, 4) is 11.5 Å².